The van der Waals surface area contributed by atoms with Gasteiger partial charge < -0.3 is 10.1 Å². The van der Waals surface area contributed by atoms with Crippen LogP contribution in [0.25, 0.3) is 0 Å². The molecule has 0 saturated carbocycles. The summed E-state index contributed by atoms with van der Waals surface area (Å²) >= 11 is 1.75. The number of aliphatic hydroxyl groups excluding tert-OH is 1. The van der Waals surface area contributed by atoms with Crippen LogP contribution in [0.1, 0.15) is 35.2 Å². The standard InChI is InChI=1S/C16H17N3OS/c17-9-12-3-4-14-13(8-12)2-1-5-16(14,21-7-6-20)15-10-18-11-19-15/h3-4,8,10-11,20H,1-2,5-7H2,(H,18,19). The van der Waals surface area contributed by atoms with Crippen LogP contribution in [0.3, 0.4) is 0 Å². The third-order valence-electron chi connectivity index (χ3n) is 4.02. The van der Waals surface area contributed by atoms with Crippen LogP contribution in [-0.4, -0.2) is 27.4 Å². The Bertz CT molecular complexity index is 663. The number of nitrogens with zero attached hydrogens (tertiary/aromatic N) is 2. The molecular weight excluding hydrogens is 282 g/mol. The van der Waals surface area contributed by atoms with Crippen LogP contribution in [-0.2, 0) is 11.2 Å². The third-order valence-corrected chi connectivity index (χ3v) is 5.54. The number of aryl methyl sites for hydroxylation is 1. The fourth-order valence-corrected chi connectivity index (χ4v) is 4.48. The quantitative estimate of drug-likeness (QED) is 0.910. The number of imidazole rings is 1. The molecule has 0 fully saturated rings. The van der Waals surface area contributed by atoms with E-state index in [0.717, 1.165) is 25.0 Å². The first-order valence-corrected chi connectivity index (χ1v) is 8.06. The van der Waals surface area contributed by atoms with Gasteiger partial charge in [-0.1, -0.05) is 6.07 Å². The van der Waals surface area contributed by atoms with Crippen molar-refractivity contribution in [3.63, 3.8) is 0 Å². The van der Waals surface area contributed by atoms with Gasteiger partial charge in [-0.05, 0) is 42.5 Å². The molecule has 108 valence electrons. The van der Waals surface area contributed by atoms with E-state index in [4.69, 9.17) is 5.26 Å². The maximum Gasteiger partial charge on any atom is 0.0991 e. The highest BCUT2D eigenvalue weighted by Crippen LogP contribution is 2.49. The number of benzene rings is 1. The molecule has 3 rings (SSSR count). The number of nitrogens with one attached hydrogen (secondary N) is 1. The van der Waals surface area contributed by atoms with E-state index in [1.54, 1.807) is 18.1 Å². The van der Waals surface area contributed by atoms with Crippen LogP contribution in [0.5, 0.6) is 0 Å². The normalized spacial score (nSPS) is 20.8. The zero-order valence-electron chi connectivity index (χ0n) is 11.7. The largest absolute Gasteiger partial charge is 0.396 e. The van der Waals surface area contributed by atoms with Crippen molar-refractivity contribution in [1.82, 2.24) is 9.97 Å². The average Bonchev–Trinajstić information content (AvgIpc) is 3.07. The molecule has 0 aliphatic heterocycles. The topological polar surface area (TPSA) is 72.7 Å². The van der Waals surface area contributed by atoms with Crippen LogP contribution >= 0.6 is 11.8 Å². The number of rotatable bonds is 4. The fraction of sp³-hybridized carbons (Fsp3) is 0.375. The number of hydrogen-bond acceptors (Lipinski definition) is 4. The van der Waals surface area contributed by atoms with Gasteiger partial charge in [0.15, 0.2) is 0 Å². The Balaban J connectivity index is 2.12. The number of H-pyrrole nitrogens is 1. The minimum atomic E-state index is -0.194. The van der Waals surface area contributed by atoms with Crippen LogP contribution < -0.4 is 0 Å². The first-order chi connectivity index (χ1) is 10.3. The van der Waals surface area contributed by atoms with Crippen molar-refractivity contribution in [2.75, 3.05) is 12.4 Å². The summed E-state index contributed by atoms with van der Waals surface area (Å²) in [7, 11) is 0. The Kier molecular flexibility index (Phi) is 4.00. The predicted octanol–water partition coefficient (Wildman–Crippen LogP) is 2.59. The molecule has 0 radical (unpaired) electrons. The molecule has 21 heavy (non-hydrogen) atoms. The maximum atomic E-state index is 9.25. The van der Waals surface area contributed by atoms with E-state index in [9.17, 15) is 5.11 Å². The number of nitriles is 1. The van der Waals surface area contributed by atoms with E-state index < -0.39 is 0 Å². The molecule has 1 atom stereocenters. The van der Waals surface area contributed by atoms with E-state index in [1.165, 1.54) is 11.1 Å². The van der Waals surface area contributed by atoms with Gasteiger partial charge in [0.2, 0.25) is 0 Å². The molecule has 0 saturated heterocycles. The number of hydrogen-bond donors (Lipinski definition) is 2. The SMILES string of the molecule is N#Cc1ccc2c(c1)CCCC2(SCCO)c1cnc[nH]1. The molecule has 0 amide bonds. The van der Waals surface area contributed by atoms with E-state index in [2.05, 4.69) is 22.1 Å². The van der Waals surface area contributed by atoms with E-state index in [1.807, 2.05) is 18.3 Å². The first kappa shape index (κ1) is 14.2. The lowest BCUT2D eigenvalue weighted by atomic mass is 9.79. The lowest BCUT2D eigenvalue weighted by Crippen LogP contribution is -2.30. The summed E-state index contributed by atoms with van der Waals surface area (Å²) in [5, 5.41) is 18.3. The minimum Gasteiger partial charge on any atom is -0.396 e. The Morgan fingerprint density at radius 2 is 2.38 bits per heavy atom. The second-order valence-corrected chi connectivity index (χ2v) is 6.60. The molecule has 1 aromatic heterocycles. The Morgan fingerprint density at radius 1 is 1.48 bits per heavy atom. The number of aliphatic hydroxyl groups is 1. The minimum absolute atomic E-state index is 0.159. The lowest BCUT2D eigenvalue weighted by molar-refractivity contribution is 0.322. The summed E-state index contributed by atoms with van der Waals surface area (Å²) in [5.41, 5.74) is 4.27. The van der Waals surface area contributed by atoms with Crippen LogP contribution in [0.2, 0.25) is 0 Å². The van der Waals surface area contributed by atoms with Gasteiger partial charge in [0, 0.05) is 11.9 Å². The number of aromatic amines is 1. The van der Waals surface area contributed by atoms with Gasteiger partial charge in [0.1, 0.15) is 0 Å². The van der Waals surface area contributed by atoms with E-state index in [-0.39, 0.29) is 11.4 Å². The molecule has 2 N–H and O–H groups in total. The molecule has 1 aromatic carbocycles. The van der Waals surface area contributed by atoms with E-state index >= 15 is 0 Å². The molecule has 0 bridgehead atoms. The molecule has 1 unspecified atom stereocenters. The lowest BCUT2D eigenvalue weighted by Gasteiger charge is -2.38. The Labute approximate surface area is 128 Å². The van der Waals surface area contributed by atoms with Gasteiger partial charge in [-0.3, -0.25) is 0 Å². The van der Waals surface area contributed by atoms with Gasteiger partial charge in [-0.25, -0.2) is 4.98 Å². The maximum absolute atomic E-state index is 9.25. The summed E-state index contributed by atoms with van der Waals surface area (Å²) in [6.07, 6.45) is 6.66. The number of aromatic nitrogens is 2. The van der Waals surface area contributed by atoms with Crippen LogP contribution in [0, 0.1) is 11.3 Å². The van der Waals surface area contributed by atoms with Crippen molar-refractivity contribution >= 4 is 11.8 Å². The zero-order chi connectivity index (χ0) is 14.7. The Hall–Kier alpha value is -1.77. The summed E-state index contributed by atoms with van der Waals surface area (Å²) < 4.78 is -0.194. The van der Waals surface area contributed by atoms with Crippen molar-refractivity contribution in [3.05, 3.63) is 53.1 Å². The van der Waals surface area contributed by atoms with Gasteiger partial charge in [0.05, 0.1) is 35.0 Å². The average molecular weight is 299 g/mol. The summed E-state index contributed by atoms with van der Waals surface area (Å²) in [5.74, 6) is 0.679. The van der Waals surface area contributed by atoms with Gasteiger partial charge >= 0.3 is 0 Å². The smallest absolute Gasteiger partial charge is 0.0991 e. The fourth-order valence-electron chi connectivity index (χ4n) is 3.13. The zero-order valence-corrected chi connectivity index (χ0v) is 12.5. The predicted molar refractivity (Wildman–Crippen MR) is 83.0 cm³/mol. The van der Waals surface area contributed by atoms with Crippen molar-refractivity contribution in [1.29, 1.82) is 5.26 Å². The Morgan fingerprint density at radius 3 is 3.10 bits per heavy atom. The molecule has 0 spiro atoms. The van der Waals surface area contributed by atoms with Gasteiger partial charge in [0.25, 0.3) is 0 Å². The first-order valence-electron chi connectivity index (χ1n) is 7.07. The summed E-state index contributed by atoms with van der Waals surface area (Å²) in [6.45, 7) is 0.159. The number of thioether (sulfide) groups is 1. The van der Waals surface area contributed by atoms with Crippen molar-refractivity contribution in [2.45, 2.75) is 24.0 Å². The highest BCUT2D eigenvalue weighted by molar-refractivity contribution is 8.00. The third kappa shape index (κ3) is 2.45. The van der Waals surface area contributed by atoms with Crippen molar-refractivity contribution < 1.29 is 5.11 Å². The van der Waals surface area contributed by atoms with Gasteiger partial charge in [-0.15, -0.1) is 11.8 Å². The summed E-state index contributed by atoms with van der Waals surface area (Å²) in [4.78, 5) is 7.42. The highest BCUT2D eigenvalue weighted by Gasteiger charge is 2.39. The highest BCUT2D eigenvalue weighted by atomic mass is 32.2. The molecular formula is C16H17N3OS. The van der Waals surface area contributed by atoms with Crippen LogP contribution in [0.15, 0.2) is 30.7 Å². The second-order valence-electron chi connectivity index (χ2n) is 5.20. The van der Waals surface area contributed by atoms with Crippen LogP contribution in [0.4, 0.5) is 0 Å². The molecule has 1 aliphatic carbocycles. The monoisotopic (exact) mass is 299 g/mol. The molecule has 4 nitrogen and oxygen atoms in total. The van der Waals surface area contributed by atoms with Crippen molar-refractivity contribution in [2.24, 2.45) is 0 Å². The molecule has 2 aromatic rings. The summed E-state index contributed by atoms with van der Waals surface area (Å²) in [6, 6.07) is 8.17. The van der Waals surface area contributed by atoms with E-state index in [0.29, 0.717) is 11.3 Å². The molecule has 5 heteroatoms. The van der Waals surface area contributed by atoms with Gasteiger partial charge in [-0.2, -0.15) is 5.26 Å². The van der Waals surface area contributed by atoms with Crippen molar-refractivity contribution in [3.8, 4) is 6.07 Å². The second kappa shape index (κ2) is 5.92. The number of fused-ring (bicyclic) bond motifs is 1. The molecule has 1 aliphatic rings. The molecule has 1 heterocycles.